The van der Waals surface area contributed by atoms with E-state index in [1.165, 1.54) is 0 Å². The van der Waals surface area contributed by atoms with E-state index in [9.17, 15) is 0 Å². The third-order valence-corrected chi connectivity index (χ3v) is 4.49. The molecule has 0 fully saturated rings. The normalized spacial score (nSPS) is 10.4. The lowest BCUT2D eigenvalue weighted by atomic mass is 10.1. The Morgan fingerprint density at radius 3 is 2.61 bits per heavy atom. The molecule has 0 radical (unpaired) electrons. The molecule has 146 valence electrons. The van der Waals surface area contributed by atoms with Crippen LogP contribution < -0.4 is 20.1 Å². The van der Waals surface area contributed by atoms with Crippen molar-refractivity contribution < 1.29 is 9.47 Å². The number of halogens is 1. The van der Waals surface area contributed by atoms with Crippen LogP contribution in [0.3, 0.4) is 0 Å². The highest BCUT2D eigenvalue weighted by Gasteiger charge is 2.06. The largest absolute Gasteiger partial charge is 0.493 e. The Kier molecular flexibility index (Phi) is 6.86. The highest BCUT2D eigenvalue weighted by atomic mass is 35.5. The van der Waals surface area contributed by atoms with E-state index < -0.39 is 0 Å². The summed E-state index contributed by atoms with van der Waals surface area (Å²) in [6, 6.07) is 13.5. The summed E-state index contributed by atoms with van der Waals surface area (Å²) in [4.78, 5) is 4.43. The average Bonchev–Trinajstić information content (AvgIpc) is 2.73. The summed E-state index contributed by atoms with van der Waals surface area (Å²) in [5.74, 6) is 2.51. The highest BCUT2D eigenvalue weighted by Crippen LogP contribution is 2.27. The number of rotatable bonds is 9. The lowest BCUT2D eigenvalue weighted by Crippen LogP contribution is -2.11. The Balaban J connectivity index is 1.54. The Labute approximate surface area is 169 Å². The minimum absolute atomic E-state index is 0.463. The lowest BCUT2D eigenvalue weighted by Gasteiger charge is -2.10. The van der Waals surface area contributed by atoms with Crippen molar-refractivity contribution in [3.8, 4) is 11.5 Å². The SMILES string of the molecule is COc1ccc(CCNc2nncc(NCc3ccccc3Cl)n2)cc1OC. The minimum Gasteiger partial charge on any atom is -0.493 e. The molecule has 0 saturated heterocycles. The van der Waals surface area contributed by atoms with Gasteiger partial charge in [0.25, 0.3) is 0 Å². The lowest BCUT2D eigenvalue weighted by molar-refractivity contribution is 0.354. The van der Waals surface area contributed by atoms with E-state index in [2.05, 4.69) is 25.8 Å². The van der Waals surface area contributed by atoms with Crippen LogP contribution in [-0.4, -0.2) is 35.9 Å². The van der Waals surface area contributed by atoms with Gasteiger partial charge in [0.2, 0.25) is 5.95 Å². The van der Waals surface area contributed by atoms with Gasteiger partial charge in [-0.2, -0.15) is 10.1 Å². The fraction of sp³-hybridized carbons (Fsp3) is 0.250. The topological polar surface area (TPSA) is 81.2 Å². The molecule has 2 N–H and O–H groups in total. The van der Waals surface area contributed by atoms with Crippen LogP contribution in [0.4, 0.5) is 11.8 Å². The molecule has 3 rings (SSSR count). The Bertz CT molecular complexity index is 923. The van der Waals surface area contributed by atoms with Gasteiger partial charge >= 0.3 is 0 Å². The van der Waals surface area contributed by atoms with Crippen LogP contribution in [-0.2, 0) is 13.0 Å². The molecule has 0 bridgehead atoms. The van der Waals surface area contributed by atoms with E-state index in [0.717, 1.165) is 17.5 Å². The van der Waals surface area contributed by atoms with Crippen LogP contribution in [0.25, 0.3) is 0 Å². The van der Waals surface area contributed by atoms with E-state index in [1.807, 2.05) is 42.5 Å². The zero-order valence-electron chi connectivity index (χ0n) is 15.8. The van der Waals surface area contributed by atoms with E-state index in [1.54, 1.807) is 20.4 Å². The van der Waals surface area contributed by atoms with Crippen molar-refractivity contribution in [2.75, 3.05) is 31.4 Å². The van der Waals surface area contributed by atoms with Crippen LogP contribution in [0.15, 0.2) is 48.7 Å². The number of hydrogen-bond donors (Lipinski definition) is 2. The first-order valence-electron chi connectivity index (χ1n) is 8.81. The first-order chi connectivity index (χ1) is 13.7. The molecule has 0 unspecified atom stereocenters. The van der Waals surface area contributed by atoms with Crippen molar-refractivity contribution >= 4 is 23.4 Å². The number of anilines is 2. The number of nitrogens with one attached hydrogen (secondary N) is 2. The maximum absolute atomic E-state index is 6.17. The highest BCUT2D eigenvalue weighted by molar-refractivity contribution is 6.31. The number of benzene rings is 2. The van der Waals surface area contributed by atoms with Crippen LogP contribution >= 0.6 is 11.6 Å². The third kappa shape index (κ3) is 5.23. The van der Waals surface area contributed by atoms with E-state index >= 15 is 0 Å². The predicted octanol–water partition coefficient (Wildman–Crippen LogP) is 3.81. The van der Waals surface area contributed by atoms with Gasteiger partial charge in [-0.25, -0.2) is 0 Å². The van der Waals surface area contributed by atoms with Gasteiger partial charge in [0, 0.05) is 18.1 Å². The van der Waals surface area contributed by atoms with Crippen LogP contribution in [0.1, 0.15) is 11.1 Å². The molecule has 0 amide bonds. The molecule has 28 heavy (non-hydrogen) atoms. The van der Waals surface area contributed by atoms with Gasteiger partial charge in [-0.05, 0) is 35.7 Å². The molecule has 0 atom stereocenters. The summed E-state index contributed by atoms with van der Waals surface area (Å²) < 4.78 is 10.6. The van der Waals surface area contributed by atoms with Gasteiger partial charge in [-0.3, -0.25) is 0 Å². The molecule has 0 aliphatic rings. The van der Waals surface area contributed by atoms with E-state index in [-0.39, 0.29) is 0 Å². The molecule has 3 aromatic rings. The first-order valence-corrected chi connectivity index (χ1v) is 9.19. The van der Waals surface area contributed by atoms with Crippen molar-refractivity contribution in [1.29, 1.82) is 0 Å². The number of hydrogen-bond acceptors (Lipinski definition) is 7. The van der Waals surface area contributed by atoms with Gasteiger partial charge < -0.3 is 20.1 Å². The summed E-state index contributed by atoms with van der Waals surface area (Å²) in [6.45, 7) is 1.22. The van der Waals surface area contributed by atoms with Gasteiger partial charge in [0.05, 0.1) is 20.4 Å². The van der Waals surface area contributed by atoms with Crippen molar-refractivity contribution in [2.24, 2.45) is 0 Å². The maximum atomic E-state index is 6.17. The van der Waals surface area contributed by atoms with Crippen LogP contribution in [0.5, 0.6) is 11.5 Å². The van der Waals surface area contributed by atoms with Crippen molar-refractivity contribution in [3.05, 3.63) is 64.8 Å². The molecular weight excluding hydrogens is 378 g/mol. The fourth-order valence-electron chi connectivity index (χ4n) is 2.65. The van der Waals surface area contributed by atoms with E-state index in [0.29, 0.717) is 41.4 Å². The summed E-state index contributed by atoms with van der Waals surface area (Å²) in [5, 5.41) is 15.1. The minimum atomic E-state index is 0.463. The molecule has 0 saturated carbocycles. The van der Waals surface area contributed by atoms with Crippen LogP contribution in [0, 0.1) is 0 Å². The second-order valence-electron chi connectivity index (χ2n) is 5.98. The average molecular weight is 400 g/mol. The van der Waals surface area contributed by atoms with Gasteiger partial charge in [0.15, 0.2) is 17.3 Å². The quantitative estimate of drug-likeness (QED) is 0.566. The smallest absolute Gasteiger partial charge is 0.244 e. The van der Waals surface area contributed by atoms with Gasteiger partial charge in [0.1, 0.15) is 0 Å². The standard InChI is InChI=1S/C20H22ClN5O2/c1-27-17-8-7-14(11-18(17)28-2)9-10-22-20-25-19(13-24-26-20)23-12-15-5-3-4-6-16(15)21/h3-8,11,13H,9-10,12H2,1-2H3,(H2,22,23,25,26). The monoisotopic (exact) mass is 399 g/mol. The summed E-state index contributed by atoms with van der Waals surface area (Å²) in [6.07, 6.45) is 2.36. The molecule has 1 heterocycles. The zero-order chi connectivity index (χ0) is 19.8. The Hall–Kier alpha value is -3.06. The summed E-state index contributed by atoms with van der Waals surface area (Å²) in [5.41, 5.74) is 2.11. The summed E-state index contributed by atoms with van der Waals surface area (Å²) >= 11 is 6.17. The van der Waals surface area contributed by atoms with Gasteiger partial charge in [-0.15, -0.1) is 5.10 Å². The summed E-state index contributed by atoms with van der Waals surface area (Å²) in [7, 11) is 3.25. The molecular formula is C20H22ClN5O2. The van der Waals surface area contributed by atoms with Crippen molar-refractivity contribution in [2.45, 2.75) is 13.0 Å². The number of nitrogens with zero attached hydrogens (tertiary/aromatic N) is 3. The second kappa shape index (κ2) is 9.75. The van der Waals surface area contributed by atoms with Crippen molar-refractivity contribution in [3.63, 3.8) is 0 Å². The second-order valence-corrected chi connectivity index (χ2v) is 6.38. The third-order valence-electron chi connectivity index (χ3n) is 4.12. The van der Waals surface area contributed by atoms with Crippen molar-refractivity contribution in [1.82, 2.24) is 15.2 Å². The Morgan fingerprint density at radius 2 is 1.82 bits per heavy atom. The van der Waals surface area contributed by atoms with Gasteiger partial charge in [-0.1, -0.05) is 35.9 Å². The molecule has 0 aliphatic heterocycles. The zero-order valence-corrected chi connectivity index (χ0v) is 16.5. The molecule has 8 heteroatoms. The molecule has 1 aromatic heterocycles. The maximum Gasteiger partial charge on any atom is 0.244 e. The number of aromatic nitrogens is 3. The number of methoxy groups -OCH3 is 2. The number of ether oxygens (including phenoxy) is 2. The molecule has 7 nitrogen and oxygen atoms in total. The van der Waals surface area contributed by atoms with E-state index in [4.69, 9.17) is 21.1 Å². The Morgan fingerprint density at radius 1 is 1.00 bits per heavy atom. The molecule has 0 aliphatic carbocycles. The predicted molar refractivity (Wildman–Crippen MR) is 110 cm³/mol. The first kappa shape index (κ1) is 19.7. The fourth-order valence-corrected chi connectivity index (χ4v) is 2.85. The molecule has 2 aromatic carbocycles. The molecule has 0 spiro atoms. The van der Waals surface area contributed by atoms with Crippen LogP contribution in [0.2, 0.25) is 5.02 Å².